The molecular weight excluding hydrogens is 285 g/mol. The molecule has 1 aromatic carbocycles. The van der Waals surface area contributed by atoms with Crippen molar-refractivity contribution in [3.8, 4) is 5.75 Å². The summed E-state index contributed by atoms with van der Waals surface area (Å²) in [6.45, 7) is 0.0641. The summed E-state index contributed by atoms with van der Waals surface area (Å²) < 4.78 is 43.1. The van der Waals surface area contributed by atoms with Crippen LogP contribution in [-0.2, 0) is 0 Å². The lowest BCUT2D eigenvalue weighted by Crippen LogP contribution is -2.45. The lowest BCUT2D eigenvalue weighted by molar-refractivity contribution is -0.153. The van der Waals surface area contributed by atoms with Crippen molar-refractivity contribution < 1.29 is 23.0 Å². The van der Waals surface area contributed by atoms with Crippen LogP contribution in [0.15, 0.2) is 24.3 Å². The van der Waals surface area contributed by atoms with Crippen molar-refractivity contribution >= 4 is 0 Å². The molecule has 0 amide bonds. The number of alkyl halides is 3. The van der Waals surface area contributed by atoms with Gasteiger partial charge >= 0.3 is 6.18 Å². The molecule has 1 rings (SSSR count). The molecule has 0 saturated carbocycles. The molecule has 21 heavy (non-hydrogen) atoms. The van der Waals surface area contributed by atoms with E-state index in [1.807, 2.05) is 0 Å². The van der Waals surface area contributed by atoms with Crippen LogP contribution >= 0.6 is 0 Å². The first-order valence-electron chi connectivity index (χ1n) is 6.59. The third kappa shape index (κ3) is 5.53. The Hall–Kier alpha value is -1.31. The number of benzene rings is 1. The number of nitrogens with zero attached hydrogens (tertiary/aromatic N) is 1. The van der Waals surface area contributed by atoms with Gasteiger partial charge in [-0.25, -0.2) is 0 Å². The average molecular weight is 306 g/mol. The van der Waals surface area contributed by atoms with Gasteiger partial charge in [-0.2, -0.15) is 13.2 Å². The third-order valence-corrected chi connectivity index (χ3v) is 3.12. The highest BCUT2D eigenvalue weighted by molar-refractivity contribution is 5.30. The molecule has 0 radical (unpaired) electrons. The van der Waals surface area contributed by atoms with Gasteiger partial charge in [0, 0.05) is 12.6 Å². The van der Waals surface area contributed by atoms with Gasteiger partial charge in [-0.05, 0) is 24.6 Å². The molecule has 0 spiro atoms. The van der Waals surface area contributed by atoms with Crippen molar-refractivity contribution in [2.24, 2.45) is 5.73 Å². The topological polar surface area (TPSA) is 58.7 Å². The van der Waals surface area contributed by atoms with E-state index >= 15 is 0 Å². The fraction of sp³-hybridized carbons (Fsp3) is 0.571. The summed E-state index contributed by atoms with van der Waals surface area (Å²) in [7, 11) is 1.51. The molecule has 0 aliphatic carbocycles. The quantitative estimate of drug-likeness (QED) is 0.808. The third-order valence-electron chi connectivity index (χ3n) is 3.12. The molecule has 0 saturated heterocycles. The second kappa shape index (κ2) is 7.63. The zero-order valence-electron chi connectivity index (χ0n) is 12.1. The summed E-state index contributed by atoms with van der Waals surface area (Å²) in [6, 6.07) is 5.57. The summed E-state index contributed by atoms with van der Waals surface area (Å²) in [5.74, 6) is 0.617. The summed E-state index contributed by atoms with van der Waals surface area (Å²) in [6.07, 6.45) is -4.35. The summed E-state index contributed by atoms with van der Waals surface area (Å²) in [4.78, 5) is 1.15. The number of methoxy groups -OCH3 is 1. The summed E-state index contributed by atoms with van der Waals surface area (Å²) >= 11 is 0. The van der Waals surface area contributed by atoms with E-state index in [-0.39, 0.29) is 13.2 Å². The van der Waals surface area contributed by atoms with Crippen molar-refractivity contribution in [2.75, 3.05) is 26.8 Å². The zero-order chi connectivity index (χ0) is 16.0. The second-order valence-electron chi connectivity index (χ2n) is 4.89. The van der Waals surface area contributed by atoms with E-state index < -0.39 is 24.8 Å². The predicted octanol–water partition coefficient (Wildman–Crippen LogP) is 1.94. The molecule has 0 aliphatic rings. The number of rotatable bonds is 7. The van der Waals surface area contributed by atoms with Gasteiger partial charge in [0.15, 0.2) is 0 Å². The molecule has 3 N–H and O–H groups in total. The molecular formula is C14H21F3N2O2. The van der Waals surface area contributed by atoms with Crippen LogP contribution < -0.4 is 10.5 Å². The fourth-order valence-electron chi connectivity index (χ4n) is 2.32. The number of halogens is 3. The minimum atomic E-state index is -4.35. The van der Waals surface area contributed by atoms with Gasteiger partial charge in [0.2, 0.25) is 0 Å². The highest BCUT2D eigenvalue weighted by atomic mass is 19.4. The van der Waals surface area contributed by atoms with Crippen LogP contribution in [0.25, 0.3) is 0 Å². The lowest BCUT2D eigenvalue weighted by atomic mass is 9.99. The lowest BCUT2D eigenvalue weighted by Gasteiger charge is -2.34. The van der Waals surface area contributed by atoms with E-state index in [2.05, 4.69) is 0 Å². The van der Waals surface area contributed by atoms with Gasteiger partial charge in [-0.15, -0.1) is 0 Å². The number of aliphatic hydroxyl groups is 1. The van der Waals surface area contributed by atoms with Gasteiger partial charge in [-0.1, -0.05) is 12.1 Å². The molecule has 0 aliphatic heterocycles. The van der Waals surface area contributed by atoms with Crippen LogP contribution in [0.2, 0.25) is 0 Å². The Morgan fingerprint density at radius 2 is 1.86 bits per heavy atom. The van der Waals surface area contributed by atoms with Gasteiger partial charge in [0.1, 0.15) is 5.75 Å². The minimum Gasteiger partial charge on any atom is -0.497 e. The Kier molecular flexibility index (Phi) is 6.44. The number of aliphatic hydroxyl groups excluding tert-OH is 1. The highest BCUT2D eigenvalue weighted by Crippen LogP contribution is 2.28. The van der Waals surface area contributed by atoms with E-state index in [0.717, 1.165) is 4.90 Å². The molecule has 4 nitrogen and oxygen atoms in total. The SMILES string of the molecule is COc1ccc(C(C(C)N)N(CCO)CC(F)(F)F)cc1. The van der Waals surface area contributed by atoms with Crippen molar-refractivity contribution in [3.05, 3.63) is 29.8 Å². The van der Waals surface area contributed by atoms with Crippen LogP contribution in [0.5, 0.6) is 5.75 Å². The fourth-order valence-corrected chi connectivity index (χ4v) is 2.32. The molecule has 0 fully saturated rings. The van der Waals surface area contributed by atoms with Crippen LogP contribution in [0.1, 0.15) is 18.5 Å². The molecule has 7 heteroatoms. The smallest absolute Gasteiger partial charge is 0.401 e. The normalized spacial score (nSPS) is 15.0. The second-order valence-corrected chi connectivity index (χ2v) is 4.89. The Labute approximate surface area is 122 Å². The van der Waals surface area contributed by atoms with Crippen molar-refractivity contribution in [1.82, 2.24) is 4.90 Å². The van der Waals surface area contributed by atoms with E-state index in [1.54, 1.807) is 31.2 Å². The van der Waals surface area contributed by atoms with Gasteiger partial charge in [-0.3, -0.25) is 4.90 Å². The molecule has 1 aromatic rings. The highest BCUT2D eigenvalue weighted by Gasteiger charge is 2.35. The first-order valence-corrected chi connectivity index (χ1v) is 6.59. The Bertz CT molecular complexity index is 421. The Balaban J connectivity index is 3.05. The first-order chi connectivity index (χ1) is 9.78. The van der Waals surface area contributed by atoms with Gasteiger partial charge < -0.3 is 15.6 Å². The molecule has 120 valence electrons. The molecule has 0 bridgehead atoms. The standard InChI is InChI=1S/C14H21F3N2O2/c1-10(18)13(11-3-5-12(21-2)6-4-11)19(7-8-20)9-14(15,16)17/h3-6,10,13,20H,7-9,18H2,1-2H3. The van der Waals surface area contributed by atoms with E-state index in [1.165, 1.54) is 7.11 Å². The van der Waals surface area contributed by atoms with Gasteiger partial charge in [0.25, 0.3) is 0 Å². The average Bonchev–Trinajstić information content (AvgIpc) is 2.37. The number of ether oxygens (including phenoxy) is 1. The minimum absolute atomic E-state index is 0.0995. The van der Waals surface area contributed by atoms with Crippen LogP contribution in [-0.4, -0.2) is 49.0 Å². The Morgan fingerprint density at radius 3 is 2.24 bits per heavy atom. The maximum atomic E-state index is 12.7. The van der Waals surface area contributed by atoms with E-state index in [9.17, 15) is 13.2 Å². The van der Waals surface area contributed by atoms with Crippen molar-refractivity contribution in [2.45, 2.75) is 25.2 Å². The van der Waals surface area contributed by atoms with E-state index in [0.29, 0.717) is 11.3 Å². The number of hydrogen-bond acceptors (Lipinski definition) is 4. The molecule has 2 atom stereocenters. The monoisotopic (exact) mass is 306 g/mol. The summed E-state index contributed by atoms with van der Waals surface area (Å²) in [5.41, 5.74) is 6.52. The number of nitrogens with two attached hydrogens (primary N) is 1. The van der Waals surface area contributed by atoms with Crippen molar-refractivity contribution in [1.29, 1.82) is 0 Å². The maximum Gasteiger partial charge on any atom is 0.401 e. The number of hydrogen-bond donors (Lipinski definition) is 2. The largest absolute Gasteiger partial charge is 0.497 e. The Morgan fingerprint density at radius 1 is 1.29 bits per heavy atom. The van der Waals surface area contributed by atoms with Crippen LogP contribution in [0.4, 0.5) is 13.2 Å². The van der Waals surface area contributed by atoms with E-state index in [4.69, 9.17) is 15.6 Å². The van der Waals surface area contributed by atoms with Crippen molar-refractivity contribution in [3.63, 3.8) is 0 Å². The summed E-state index contributed by atoms with van der Waals surface area (Å²) in [5, 5.41) is 9.02. The predicted molar refractivity (Wildman–Crippen MR) is 74.1 cm³/mol. The molecule has 2 unspecified atom stereocenters. The van der Waals surface area contributed by atoms with Crippen LogP contribution in [0, 0.1) is 0 Å². The van der Waals surface area contributed by atoms with Gasteiger partial charge in [0.05, 0.1) is 26.3 Å². The van der Waals surface area contributed by atoms with Crippen LogP contribution in [0.3, 0.4) is 0 Å². The zero-order valence-corrected chi connectivity index (χ0v) is 12.1. The molecule has 0 aromatic heterocycles. The maximum absolute atomic E-state index is 12.7. The first kappa shape index (κ1) is 17.7. The molecule has 0 heterocycles.